The maximum Gasteiger partial charge on any atom is 0.227 e. The van der Waals surface area contributed by atoms with Crippen molar-refractivity contribution in [3.63, 3.8) is 0 Å². The van der Waals surface area contributed by atoms with Gasteiger partial charge in [0.2, 0.25) is 5.95 Å². The minimum atomic E-state index is 0.216. The van der Waals surface area contributed by atoms with E-state index < -0.39 is 0 Å². The first-order chi connectivity index (χ1) is 14.2. The number of anilines is 2. The van der Waals surface area contributed by atoms with Gasteiger partial charge in [0, 0.05) is 13.3 Å². The van der Waals surface area contributed by atoms with Gasteiger partial charge in [-0.05, 0) is 49.7 Å². The summed E-state index contributed by atoms with van der Waals surface area (Å²) in [5.41, 5.74) is 2.09. The van der Waals surface area contributed by atoms with Crippen molar-refractivity contribution in [1.82, 2.24) is 19.9 Å². The average molecular weight is 390 g/mol. The predicted octanol–water partition coefficient (Wildman–Crippen LogP) is 3.56. The number of nitrogens with zero attached hydrogens (tertiary/aromatic N) is 5. The Morgan fingerprint density at radius 2 is 2.14 bits per heavy atom. The quantitative estimate of drug-likeness (QED) is 0.654. The Bertz CT molecular complexity index is 995. The molecule has 0 aromatic carbocycles. The molecule has 1 unspecified atom stereocenters. The number of ether oxygens (including phenoxy) is 1. The molecule has 1 saturated heterocycles. The zero-order valence-electron chi connectivity index (χ0n) is 16.2. The van der Waals surface area contributed by atoms with Crippen molar-refractivity contribution >= 4 is 11.6 Å². The van der Waals surface area contributed by atoms with E-state index >= 15 is 0 Å². The summed E-state index contributed by atoms with van der Waals surface area (Å²) in [6.45, 7) is 2.21. The molecular formula is C21H22N6O2. The Kier molecular flexibility index (Phi) is 5.79. The highest BCUT2D eigenvalue weighted by atomic mass is 16.5. The zero-order chi connectivity index (χ0) is 20.1. The lowest BCUT2D eigenvalue weighted by Crippen LogP contribution is -2.23. The number of nitriles is 1. The Labute approximate surface area is 169 Å². The molecule has 4 heterocycles. The molecule has 1 aliphatic rings. The summed E-state index contributed by atoms with van der Waals surface area (Å²) in [6, 6.07) is 11.6. The summed E-state index contributed by atoms with van der Waals surface area (Å²) >= 11 is 0. The molecule has 0 aliphatic carbocycles. The van der Waals surface area contributed by atoms with Crippen LogP contribution in [0, 0.1) is 11.3 Å². The molecule has 0 amide bonds. The highest BCUT2D eigenvalue weighted by Crippen LogP contribution is 2.32. The Balaban J connectivity index is 1.46. The normalized spacial score (nSPS) is 16.6. The molecule has 1 atom stereocenters. The predicted molar refractivity (Wildman–Crippen MR) is 106 cm³/mol. The molecule has 29 heavy (non-hydrogen) atoms. The standard InChI is InChI=1S/C21H22N6O2/c1-28-14-18-7-6-17(29-18)13-27-10-2-3-20(27)19-8-9-23-21(26-19)25-16-5-4-15(11-22)24-12-16/h4-9,12,20H,2-3,10,13-14H2,1H3,(H,23,25,26). The van der Waals surface area contributed by atoms with Crippen LogP contribution in [0.3, 0.4) is 0 Å². The Morgan fingerprint density at radius 3 is 2.93 bits per heavy atom. The van der Waals surface area contributed by atoms with E-state index in [4.69, 9.17) is 19.4 Å². The smallest absolute Gasteiger partial charge is 0.227 e. The second-order valence-corrected chi connectivity index (χ2v) is 6.90. The van der Waals surface area contributed by atoms with Crippen LogP contribution in [0.2, 0.25) is 0 Å². The first-order valence-electron chi connectivity index (χ1n) is 9.52. The zero-order valence-corrected chi connectivity index (χ0v) is 16.2. The minimum Gasteiger partial charge on any atom is -0.462 e. The second-order valence-electron chi connectivity index (χ2n) is 6.90. The molecule has 1 N–H and O–H groups in total. The molecule has 148 valence electrons. The third-order valence-corrected chi connectivity index (χ3v) is 4.88. The highest BCUT2D eigenvalue weighted by Gasteiger charge is 2.28. The van der Waals surface area contributed by atoms with Crippen molar-refractivity contribution in [2.75, 3.05) is 19.0 Å². The molecule has 8 nitrogen and oxygen atoms in total. The van der Waals surface area contributed by atoms with E-state index in [1.165, 1.54) is 0 Å². The maximum absolute atomic E-state index is 8.86. The Hall–Kier alpha value is -3.28. The fourth-order valence-electron chi connectivity index (χ4n) is 3.56. The van der Waals surface area contributed by atoms with E-state index in [0.717, 1.165) is 48.8 Å². The van der Waals surface area contributed by atoms with Crippen LogP contribution in [0.25, 0.3) is 0 Å². The lowest BCUT2D eigenvalue weighted by Gasteiger charge is -2.23. The van der Waals surface area contributed by atoms with Crippen LogP contribution in [0.1, 0.15) is 41.8 Å². The molecule has 0 radical (unpaired) electrons. The van der Waals surface area contributed by atoms with Crippen LogP contribution in [0.4, 0.5) is 11.6 Å². The SMILES string of the molecule is COCc1ccc(CN2CCCC2c2ccnc(Nc3ccc(C#N)nc3)n2)o1. The lowest BCUT2D eigenvalue weighted by atomic mass is 10.1. The molecule has 3 aromatic heterocycles. The Morgan fingerprint density at radius 1 is 1.24 bits per heavy atom. The first-order valence-corrected chi connectivity index (χ1v) is 9.52. The topological polar surface area (TPSA) is 100 Å². The van der Waals surface area contributed by atoms with Crippen molar-refractivity contribution in [1.29, 1.82) is 5.26 Å². The van der Waals surface area contributed by atoms with Gasteiger partial charge in [0.05, 0.1) is 30.2 Å². The number of pyridine rings is 1. The molecule has 4 rings (SSSR count). The van der Waals surface area contributed by atoms with Gasteiger partial charge >= 0.3 is 0 Å². The van der Waals surface area contributed by atoms with Crippen LogP contribution < -0.4 is 5.32 Å². The van der Waals surface area contributed by atoms with Crippen LogP contribution in [-0.2, 0) is 17.9 Å². The molecule has 0 saturated carbocycles. The third-order valence-electron chi connectivity index (χ3n) is 4.88. The number of nitrogens with one attached hydrogen (secondary N) is 1. The number of hydrogen-bond acceptors (Lipinski definition) is 8. The van der Waals surface area contributed by atoms with E-state index in [1.807, 2.05) is 24.3 Å². The molecular weight excluding hydrogens is 368 g/mol. The fraction of sp³-hybridized carbons (Fsp3) is 0.333. The molecule has 0 spiro atoms. The van der Waals surface area contributed by atoms with Crippen LogP contribution in [-0.4, -0.2) is 33.5 Å². The van der Waals surface area contributed by atoms with Gasteiger partial charge in [-0.15, -0.1) is 0 Å². The van der Waals surface area contributed by atoms with E-state index in [0.29, 0.717) is 18.2 Å². The van der Waals surface area contributed by atoms with Crippen LogP contribution in [0.5, 0.6) is 0 Å². The highest BCUT2D eigenvalue weighted by molar-refractivity contribution is 5.52. The van der Waals surface area contributed by atoms with Gasteiger partial charge in [0.25, 0.3) is 0 Å². The summed E-state index contributed by atoms with van der Waals surface area (Å²) < 4.78 is 11.0. The van der Waals surface area contributed by atoms with Gasteiger partial charge in [-0.2, -0.15) is 5.26 Å². The summed E-state index contributed by atoms with van der Waals surface area (Å²) in [7, 11) is 1.66. The monoisotopic (exact) mass is 390 g/mol. The van der Waals surface area contributed by atoms with Crippen molar-refractivity contribution in [2.45, 2.75) is 32.0 Å². The summed E-state index contributed by atoms with van der Waals surface area (Å²) in [4.78, 5) is 15.5. The van der Waals surface area contributed by atoms with E-state index in [2.05, 4.69) is 20.2 Å². The van der Waals surface area contributed by atoms with Gasteiger partial charge in [-0.1, -0.05) is 0 Å². The second kappa shape index (κ2) is 8.82. The van der Waals surface area contributed by atoms with Gasteiger partial charge in [-0.3, -0.25) is 4.90 Å². The van der Waals surface area contributed by atoms with Crippen molar-refractivity contribution in [3.8, 4) is 6.07 Å². The number of methoxy groups -OCH3 is 1. The lowest BCUT2D eigenvalue weighted by molar-refractivity contribution is 0.158. The maximum atomic E-state index is 8.86. The van der Waals surface area contributed by atoms with Gasteiger partial charge < -0.3 is 14.5 Å². The van der Waals surface area contributed by atoms with E-state index in [-0.39, 0.29) is 6.04 Å². The van der Waals surface area contributed by atoms with Crippen LogP contribution in [0.15, 0.2) is 47.1 Å². The minimum absolute atomic E-state index is 0.216. The molecule has 1 fully saturated rings. The van der Waals surface area contributed by atoms with E-state index in [1.54, 1.807) is 31.6 Å². The van der Waals surface area contributed by atoms with Gasteiger partial charge in [-0.25, -0.2) is 15.0 Å². The van der Waals surface area contributed by atoms with E-state index in [9.17, 15) is 0 Å². The number of hydrogen-bond donors (Lipinski definition) is 1. The van der Waals surface area contributed by atoms with Crippen molar-refractivity contribution in [2.24, 2.45) is 0 Å². The van der Waals surface area contributed by atoms with Crippen LogP contribution >= 0.6 is 0 Å². The largest absolute Gasteiger partial charge is 0.462 e. The van der Waals surface area contributed by atoms with Crippen molar-refractivity contribution in [3.05, 3.63) is 65.6 Å². The number of rotatable bonds is 7. The van der Waals surface area contributed by atoms with Gasteiger partial charge in [0.1, 0.15) is 29.9 Å². The molecule has 1 aliphatic heterocycles. The molecule has 3 aromatic rings. The first kappa shape index (κ1) is 19.1. The molecule has 8 heteroatoms. The summed E-state index contributed by atoms with van der Waals surface area (Å²) in [5.74, 6) is 2.28. The number of aromatic nitrogens is 3. The summed E-state index contributed by atoms with van der Waals surface area (Å²) in [5, 5.41) is 12.0. The fourth-order valence-corrected chi connectivity index (χ4v) is 3.56. The average Bonchev–Trinajstić information content (AvgIpc) is 3.39. The third kappa shape index (κ3) is 4.59. The van der Waals surface area contributed by atoms with Gasteiger partial charge in [0.15, 0.2) is 0 Å². The summed E-state index contributed by atoms with van der Waals surface area (Å²) in [6.07, 6.45) is 5.52. The number of furan rings is 1. The molecule has 0 bridgehead atoms. The van der Waals surface area contributed by atoms with Crippen molar-refractivity contribution < 1.29 is 9.15 Å². The number of likely N-dealkylation sites (tertiary alicyclic amines) is 1.